The Kier molecular flexibility index (Phi) is 12.2. The summed E-state index contributed by atoms with van der Waals surface area (Å²) in [5.41, 5.74) is 2.22. The molecule has 3 aromatic rings. The molecule has 0 aliphatic carbocycles. The van der Waals surface area contributed by atoms with Crippen molar-refractivity contribution in [2.24, 2.45) is 0 Å². The van der Waals surface area contributed by atoms with Crippen molar-refractivity contribution in [3.05, 3.63) is 96.1 Å². The summed E-state index contributed by atoms with van der Waals surface area (Å²) in [6.45, 7) is 9.34. The Hall–Kier alpha value is -3.40. The maximum Gasteiger partial charge on any atom is 0.308 e. The number of esters is 1. The standard InChI is InChI=1S/C18H20O3.C6H6.C5H10O/c1-13(19)21-17-11-7-15(8-12-17)18(2,3)14-5-9-16(20-4)10-6-14;1-2-4-6-5-3-1;1-3-4-5(2)6/h5-12H,1-4H3;1-6H;3-4H2,1-2H3. The molecular weight excluding hydrogens is 412 g/mol. The number of carbonyl (C=O) groups excluding carboxylic acids is 2. The molecule has 176 valence electrons. The molecule has 3 aromatic carbocycles. The third kappa shape index (κ3) is 10.6. The van der Waals surface area contributed by atoms with Crippen molar-refractivity contribution in [3.8, 4) is 11.5 Å². The first kappa shape index (κ1) is 27.6. The Morgan fingerprint density at radius 3 is 1.39 bits per heavy atom. The zero-order valence-electron chi connectivity index (χ0n) is 20.6. The molecule has 33 heavy (non-hydrogen) atoms. The molecule has 0 saturated carbocycles. The van der Waals surface area contributed by atoms with E-state index in [-0.39, 0.29) is 17.2 Å². The third-order valence-corrected chi connectivity index (χ3v) is 4.92. The summed E-state index contributed by atoms with van der Waals surface area (Å²) in [7, 11) is 1.66. The molecule has 0 aliphatic heterocycles. The SMILES string of the molecule is CCCC(C)=O.COc1ccc(C(C)(C)c2ccc(OC(C)=O)cc2)cc1.c1ccccc1. The van der Waals surface area contributed by atoms with Gasteiger partial charge < -0.3 is 14.3 Å². The molecule has 0 spiro atoms. The van der Waals surface area contributed by atoms with E-state index >= 15 is 0 Å². The van der Waals surface area contributed by atoms with Crippen LogP contribution in [0.25, 0.3) is 0 Å². The van der Waals surface area contributed by atoms with E-state index in [0.29, 0.717) is 5.75 Å². The van der Waals surface area contributed by atoms with Gasteiger partial charge in [0.25, 0.3) is 0 Å². The molecule has 4 nitrogen and oxygen atoms in total. The highest BCUT2D eigenvalue weighted by Crippen LogP contribution is 2.33. The number of hydrogen-bond donors (Lipinski definition) is 0. The number of carbonyl (C=O) groups is 2. The van der Waals surface area contributed by atoms with Gasteiger partial charge in [-0.3, -0.25) is 4.79 Å². The van der Waals surface area contributed by atoms with Gasteiger partial charge in [0.15, 0.2) is 0 Å². The van der Waals surface area contributed by atoms with Crippen molar-refractivity contribution < 1.29 is 19.1 Å². The van der Waals surface area contributed by atoms with Crippen molar-refractivity contribution in [1.82, 2.24) is 0 Å². The van der Waals surface area contributed by atoms with Gasteiger partial charge in [-0.2, -0.15) is 0 Å². The topological polar surface area (TPSA) is 52.6 Å². The van der Waals surface area contributed by atoms with Gasteiger partial charge in [-0.25, -0.2) is 0 Å². The average Bonchev–Trinajstić information content (AvgIpc) is 2.81. The molecule has 4 heteroatoms. The Labute approximate surface area is 198 Å². The van der Waals surface area contributed by atoms with Gasteiger partial charge in [-0.05, 0) is 48.7 Å². The molecule has 0 atom stereocenters. The first-order chi connectivity index (χ1) is 15.7. The largest absolute Gasteiger partial charge is 0.497 e. The number of rotatable bonds is 6. The Morgan fingerprint density at radius 1 is 0.727 bits per heavy atom. The Morgan fingerprint density at radius 2 is 1.12 bits per heavy atom. The van der Waals surface area contributed by atoms with E-state index in [0.717, 1.165) is 24.2 Å². The fraction of sp³-hybridized carbons (Fsp3) is 0.310. The zero-order chi connectivity index (χ0) is 24.7. The van der Waals surface area contributed by atoms with Gasteiger partial charge in [-0.1, -0.05) is 81.4 Å². The molecule has 0 amide bonds. The lowest BCUT2D eigenvalue weighted by Gasteiger charge is -2.26. The summed E-state index contributed by atoms with van der Waals surface area (Å²) in [6, 6.07) is 27.7. The van der Waals surface area contributed by atoms with Crippen molar-refractivity contribution in [3.63, 3.8) is 0 Å². The van der Waals surface area contributed by atoms with Crippen LogP contribution in [0.5, 0.6) is 11.5 Å². The molecule has 3 rings (SSSR count). The second-order valence-corrected chi connectivity index (χ2v) is 8.08. The molecule has 0 heterocycles. The summed E-state index contributed by atoms with van der Waals surface area (Å²) >= 11 is 0. The minimum Gasteiger partial charge on any atom is -0.497 e. The van der Waals surface area contributed by atoms with Gasteiger partial charge in [0.1, 0.15) is 17.3 Å². The summed E-state index contributed by atoms with van der Waals surface area (Å²) in [4.78, 5) is 21.0. The van der Waals surface area contributed by atoms with Crippen molar-refractivity contribution in [2.45, 2.75) is 52.9 Å². The number of hydrogen-bond acceptors (Lipinski definition) is 4. The minimum atomic E-state index is -0.308. The van der Waals surface area contributed by atoms with Crippen molar-refractivity contribution >= 4 is 11.8 Å². The lowest BCUT2D eigenvalue weighted by atomic mass is 9.78. The molecular formula is C29H36O4. The van der Waals surface area contributed by atoms with Crippen LogP contribution in [0.2, 0.25) is 0 Å². The van der Waals surface area contributed by atoms with Crippen LogP contribution in [0, 0.1) is 0 Å². The third-order valence-electron chi connectivity index (χ3n) is 4.92. The van der Waals surface area contributed by atoms with Crippen LogP contribution >= 0.6 is 0 Å². The molecule has 0 radical (unpaired) electrons. The molecule has 0 aliphatic rings. The fourth-order valence-corrected chi connectivity index (χ4v) is 3.02. The number of ether oxygens (including phenoxy) is 2. The molecule has 0 N–H and O–H groups in total. The zero-order valence-corrected chi connectivity index (χ0v) is 20.6. The van der Waals surface area contributed by atoms with E-state index in [4.69, 9.17) is 9.47 Å². The van der Waals surface area contributed by atoms with Crippen LogP contribution in [0.4, 0.5) is 0 Å². The van der Waals surface area contributed by atoms with Gasteiger partial charge in [0, 0.05) is 18.8 Å². The molecule has 0 aromatic heterocycles. The van der Waals surface area contributed by atoms with Crippen LogP contribution in [0.1, 0.15) is 58.6 Å². The van der Waals surface area contributed by atoms with E-state index in [9.17, 15) is 9.59 Å². The molecule has 0 saturated heterocycles. The van der Waals surface area contributed by atoms with Gasteiger partial charge in [0.05, 0.1) is 7.11 Å². The smallest absolute Gasteiger partial charge is 0.308 e. The van der Waals surface area contributed by atoms with Gasteiger partial charge in [0.2, 0.25) is 0 Å². The quantitative estimate of drug-likeness (QED) is 0.301. The molecule has 0 fully saturated rings. The van der Waals surface area contributed by atoms with E-state index in [1.165, 1.54) is 12.5 Å². The fourth-order valence-electron chi connectivity index (χ4n) is 3.02. The second-order valence-electron chi connectivity index (χ2n) is 8.08. The number of methoxy groups -OCH3 is 1. The molecule has 0 unspecified atom stereocenters. The van der Waals surface area contributed by atoms with Gasteiger partial charge in [-0.15, -0.1) is 0 Å². The highest BCUT2D eigenvalue weighted by molar-refractivity contribution is 5.75. The lowest BCUT2D eigenvalue weighted by Crippen LogP contribution is -2.18. The normalized spacial score (nSPS) is 10.0. The Bertz CT molecular complexity index is 916. The minimum absolute atomic E-state index is 0.138. The van der Waals surface area contributed by atoms with E-state index in [1.807, 2.05) is 79.7 Å². The van der Waals surface area contributed by atoms with Crippen LogP contribution in [0.3, 0.4) is 0 Å². The highest BCUT2D eigenvalue weighted by atomic mass is 16.5. The van der Waals surface area contributed by atoms with E-state index < -0.39 is 0 Å². The second kappa shape index (κ2) is 14.6. The molecule has 0 bridgehead atoms. The van der Waals surface area contributed by atoms with E-state index in [1.54, 1.807) is 14.0 Å². The first-order valence-corrected chi connectivity index (χ1v) is 11.1. The summed E-state index contributed by atoms with van der Waals surface area (Å²) < 4.78 is 10.3. The Balaban J connectivity index is 0.000000370. The lowest BCUT2D eigenvalue weighted by molar-refractivity contribution is -0.131. The van der Waals surface area contributed by atoms with Gasteiger partial charge >= 0.3 is 5.97 Å². The average molecular weight is 449 g/mol. The predicted molar refractivity (Wildman–Crippen MR) is 135 cm³/mol. The highest BCUT2D eigenvalue weighted by Gasteiger charge is 2.23. The van der Waals surface area contributed by atoms with Crippen LogP contribution in [0.15, 0.2) is 84.9 Å². The maximum atomic E-state index is 10.9. The van der Waals surface area contributed by atoms with Crippen LogP contribution in [-0.2, 0) is 15.0 Å². The summed E-state index contributed by atoms with van der Waals surface area (Å²) in [6.07, 6.45) is 1.72. The summed E-state index contributed by atoms with van der Waals surface area (Å²) in [5, 5.41) is 0. The number of ketones is 1. The maximum absolute atomic E-state index is 10.9. The number of benzene rings is 3. The monoisotopic (exact) mass is 448 g/mol. The predicted octanol–water partition coefficient (Wildman–Crippen LogP) is 7.01. The van der Waals surface area contributed by atoms with Crippen LogP contribution < -0.4 is 9.47 Å². The summed E-state index contributed by atoms with van der Waals surface area (Å²) in [5.74, 6) is 1.39. The number of Topliss-reactive ketones (excluding diaryl/α,β-unsaturated/α-hetero) is 1. The first-order valence-electron chi connectivity index (χ1n) is 11.1. The van der Waals surface area contributed by atoms with E-state index in [2.05, 4.69) is 26.0 Å². The van der Waals surface area contributed by atoms with Crippen molar-refractivity contribution in [2.75, 3.05) is 7.11 Å². The van der Waals surface area contributed by atoms with Crippen molar-refractivity contribution in [1.29, 1.82) is 0 Å². The van der Waals surface area contributed by atoms with Crippen LogP contribution in [-0.4, -0.2) is 18.9 Å².